The third-order valence-electron chi connectivity index (χ3n) is 4.24. The summed E-state index contributed by atoms with van der Waals surface area (Å²) >= 11 is 0. The van der Waals surface area contributed by atoms with Crippen LogP contribution in [-0.2, 0) is 13.0 Å². The van der Waals surface area contributed by atoms with Crippen molar-refractivity contribution in [2.45, 2.75) is 13.0 Å². The first kappa shape index (κ1) is 17.0. The van der Waals surface area contributed by atoms with Crippen LogP contribution in [0.4, 0.5) is 4.39 Å². The van der Waals surface area contributed by atoms with E-state index in [9.17, 15) is 4.39 Å². The first-order valence-corrected chi connectivity index (χ1v) is 8.38. The second-order valence-corrected chi connectivity index (χ2v) is 6.07. The number of H-pyrrole nitrogens is 1. The van der Waals surface area contributed by atoms with Crippen LogP contribution in [0.3, 0.4) is 0 Å². The van der Waals surface area contributed by atoms with E-state index in [1.165, 1.54) is 11.6 Å². The molecule has 5 heteroatoms. The number of aromatic nitrogens is 1. The van der Waals surface area contributed by atoms with Crippen molar-refractivity contribution in [1.82, 2.24) is 15.2 Å². The molecule has 0 atom stereocenters. The van der Waals surface area contributed by atoms with Gasteiger partial charge in [-0.05, 0) is 35.7 Å². The maximum absolute atomic E-state index is 13.5. The number of rotatable bonds is 5. The number of nitrogens with one attached hydrogen (secondary N) is 2. The Kier molecular flexibility index (Phi) is 5.33. The molecule has 25 heavy (non-hydrogen) atoms. The van der Waals surface area contributed by atoms with Crippen molar-refractivity contribution in [1.29, 1.82) is 0 Å². The Labute approximate surface area is 147 Å². The molecule has 3 aromatic rings. The fraction of sp³-hybridized carbons (Fsp3) is 0.250. The van der Waals surface area contributed by atoms with E-state index in [1.54, 1.807) is 19.2 Å². The van der Waals surface area contributed by atoms with E-state index < -0.39 is 0 Å². The van der Waals surface area contributed by atoms with Gasteiger partial charge >= 0.3 is 0 Å². The summed E-state index contributed by atoms with van der Waals surface area (Å²) in [4.78, 5) is 9.62. The van der Waals surface area contributed by atoms with Gasteiger partial charge in [0.2, 0.25) is 0 Å². The summed E-state index contributed by atoms with van der Waals surface area (Å²) in [6.07, 6.45) is 2.74. The van der Waals surface area contributed by atoms with Crippen LogP contribution in [0.2, 0.25) is 0 Å². The highest BCUT2D eigenvalue weighted by Crippen LogP contribution is 2.19. The van der Waals surface area contributed by atoms with Gasteiger partial charge in [0.25, 0.3) is 0 Å². The predicted molar refractivity (Wildman–Crippen MR) is 101 cm³/mol. The number of benzene rings is 2. The Bertz CT molecular complexity index is 855. The van der Waals surface area contributed by atoms with E-state index in [0.29, 0.717) is 0 Å². The van der Waals surface area contributed by atoms with E-state index in [4.69, 9.17) is 0 Å². The molecule has 3 rings (SSSR count). The lowest BCUT2D eigenvalue weighted by Gasteiger charge is -2.22. The molecule has 0 unspecified atom stereocenters. The van der Waals surface area contributed by atoms with Crippen molar-refractivity contribution in [3.05, 3.63) is 71.7 Å². The molecular formula is C20H23FN4. The van der Waals surface area contributed by atoms with Gasteiger partial charge in [-0.15, -0.1) is 0 Å². The van der Waals surface area contributed by atoms with Crippen molar-refractivity contribution >= 4 is 16.9 Å². The van der Waals surface area contributed by atoms with Gasteiger partial charge in [-0.2, -0.15) is 0 Å². The molecule has 0 bridgehead atoms. The Morgan fingerprint density at radius 2 is 2.00 bits per heavy atom. The lowest BCUT2D eigenvalue weighted by Crippen LogP contribution is -2.39. The van der Waals surface area contributed by atoms with E-state index in [1.807, 2.05) is 31.4 Å². The SMILES string of the molecule is CN=C(NCCc1c[nH]c2ccc(F)cc12)N(C)Cc1ccccc1. The fourth-order valence-electron chi connectivity index (χ4n) is 2.98. The van der Waals surface area contributed by atoms with Crippen LogP contribution in [-0.4, -0.2) is 36.5 Å². The van der Waals surface area contributed by atoms with Crippen LogP contribution in [0, 0.1) is 5.82 Å². The molecule has 0 aliphatic rings. The Hall–Kier alpha value is -2.82. The molecule has 1 aromatic heterocycles. The number of nitrogens with zero attached hydrogens (tertiary/aromatic N) is 2. The Morgan fingerprint density at radius 3 is 2.76 bits per heavy atom. The molecule has 0 saturated carbocycles. The third kappa shape index (κ3) is 4.18. The normalized spacial score (nSPS) is 11.7. The minimum absolute atomic E-state index is 0.209. The third-order valence-corrected chi connectivity index (χ3v) is 4.24. The molecular weight excluding hydrogens is 315 g/mol. The highest BCUT2D eigenvalue weighted by atomic mass is 19.1. The summed E-state index contributed by atoms with van der Waals surface area (Å²) in [7, 11) is 3.80. The lowest BCUT2D eigenvalue weighted by molar-refractivity contribution is 0.477. The highest BCUT2D eigenvalue weighted by molar-refractivity contribution is 5.83. The Morgan fingerprint density at radius 1 is 1.20 bits per heavy atom. The van der Waals surface area contributed by atoms with Gasteiger partial charge in [-0.3, -0.25) is 4.99 Å². The molecule has 0 amide bonds. The summed E-state index contributed by atoms with van der Waals surface area (Å²) in [6.45, 7) is 1.52. The van der Waals surface area contributed by atoms with Gasteiger partial charge in [-0.25, -0.2) is 4.39 Å². The fourth-order valence-corrected chi connectivity index (χ4v) is 2.98. The summed E-state index contributed by atoms with van der Waals surface area (Å²) in [5.74, 6) is 0.634. The zero-order valence-corrected chi connectivity index (χ0v) is 14.6. The topological polar surface area (TPSA) is 43.4 Å². The van der Waals surface area contributed by atoms with Crippen molar-refractivity contribution in [3.8, 4) is 0 Å². The first-order chi connectivity index (χ1) is 12.2. The van der Waals surface area contributed by atoms with Crippen LogP contribution in [0.25, 0.3) is 10.9 Å². The Balaban J connectivity index is 1.58. The predicted octanol–water partition coefficient (Wildman–Crippen LogP) is 3.56. The molecule has 1 heterocycles. The van der Waals surface area contributed by atoms with Crippen LogP contribution < -0.4 is 5.32 Å². The van der Waals surface area contributed by atoms with Crippen LogP contribution in [0.15, 0.2) is 59.7 Å². The molecule has 0 spiro atoms. The van der Waals surface area contributed by atoms with Gasteiger partial charge in [0.1, 0.15) is 5.82 Å². The molecule has 0 radical (unpaired) electrons. The van der Waals surface area contributed by atoms with Gasteiger partial charge in [-0.1, -0.05) is 30.3 Å². The molecule has 0 aliphatic carbocycles. The molecule has 2 aromatic carbocycles. The average Bonchev–Trinajstić information content (AvgIpc) is 3.01. The number of guanidine groups is 1. The van der Waals surface area contributed by atoms with Gasteiger partial charge in [0, 0.05) is 44.3 Å². The summed E-state index contributed by atoms with van der Waals surface area (Å²) in [5, 5.41) is 4.31. The van der Waals surface area contributed by atoms with Crippen LogP contribution in [0.5, 0.6) is 0 Å². The van der Waals surface area contributed by atoms with Crippen molar-refractivity contribution in [2.75, 3.05) is 20.6 Å². The number of hydrogen-bond donors (Lipinski definition) is 2. The second-order valence-electron chi connectivity index (χ2n) is 6.07. The molecule has 0 fully saturated rings. The van der Waals surface area contributed by atoms with E-state index in [2.05, 4.69) is 32.3 Å². The zero-order valence-electron chi connectivity index (χ0n) is 14.6. The lowest BCUT2D eigenvalue weighted by atomic mass is 10.1. The van der Waals surface area contributed by atoms with Gasteiger partial charge in [0.15, 0.2) is 5.96 Å². The minimum atomic E-state index is -0.209. The number of aromatic amines is 1. The summed E-state index contributed by atoms with van der Waals surface area (Å²) < 4.78 is 13.5. The van der Waals surface area contributed by atoms with Crippen LogP contribution in [0.1, 0.15) is 11.1 Å². The molecule has 2 N–H and O–H groups in total. The summed E-state index contributed by atoms with van der Waals surface area (Å²) in [5.41, 5.74) is 3.30. The number of halogens is 1. The smallest absolute Gasteiger partial charge is 0.193 e. The molecule has 4 nitrogen and oxygen atoms in total. The van der Waals surface area contributed by atoms with E-state index >= 15 is 0 Å². The van der Waals surface area contributed by atoms with E-state index in [0.717, 1.165) is 41.9 Å². The van der Waals surface area contributed by atoms with Gasteiger partial charge in [0.05, 0.1) is 0 Å². The second kappa shape index (κ2) is 7.83. The maximum Gasteiger partial charge on any atom is 0.193 e. The van der Waals surface area contributed by atoms with Crippen LogP contribution >= 0.6 is 0 Å². The quantitative estimate of drug-likeness (QED) is 0.552. The maximum atomic E-state index is 13.5. The molecule has 0 saturated heterocycles. The summed E-state index contributed by atoms with van der Waals surface area (Å²) in [6, 6.07) is 15.1. The molecule has 0 aliphatic heterocycles. The standard InChI is InChI=1S/C20H23FN4/c1-22-20(25(2)14-15-6-4-3-5-7-15)23-11-10-16-13-24-19-9-8-17(21)12-18(16)19/h3-9,12-13,24H,10-11,14H2,1-2H3,(H,22,23). The monoisotopic (exact) mass is 338 g/mol. The zero-order chi connectivity index (χ0) is 17.6. The minimum Gasteiger partial charge on any atom is -0.361 e. The number of fused-ring (bicyclic) bond motifs is 1. The van der Waals surface area contributed by atoms with Gasteiger partial charge < -0.3 is 15.2 Å². The highest BCUT2D eigenvalue weighted by Gasteiger charge is 2.08. The van der Waals surface area contributed by atoms with Crippen molar-refractivity contribution in [2.24, 2.45) is 4.99 Å². The molecule has 130 valence electrons. The largest absolute Gasteiger partial charge is 0.361 e. The number of aliphatic imine (C=N–C) groups is 1. The average molecular weight is 338 g/mol. The first-order valence-electron chi connectivity index (χ1n) is 8.38. The van der Waals surface area contributed by atoms with E-state index in [-0.39, 0.29) is 5.82 Å². The van der Waals surface area contributed by atoms with Crippen molar-refractivity contribution < 1.29 is 4.39 Å². The number of hydrogen-bond acceptors (Lipinski definition) is 1. The van der Waals surface area contributed by atoms with Crippen molar-refractivity contribution in [3.63, 3.8) is 0 Å².